The van der Waals surface area contributed by atoms with Crippen LogP contribution in [-0.2, 0) is 6.54 Å². The SMILES string of the molecule is COc1cc(-c2ccccc2)ccc1CN1CCN(C(=O)On2c(O)ccc2O)CC1. The van der Waals surface area contributed by atoms with E-state index < -0.39 is 6.09 Å². The van der Waals surface area contributed by atoms with E-state index in [0.29, 0.717) is 37.5 Å². The molecule has 4 rings (SSSR count). The third kappa shape index (κ3) is 4.59. The number of benzene rings is 2. The Balaban J connectivity index is 1.36. The molecule has 1 aliphatic heterocycles. The normalized spacial score (nSPS) is 14.4. The summed E-state index contributed by atoms with van der Waals surface area (Å²) < 4.78 is 6.33. The van der Waals surface area contributed by atoms with Crippen LogP contribution in [0.3, 0.4) is 0 Å². The maximum atomic E-state index is 12.3. The van der Waals surface area contributed by atoms with Crippen molar-refractivity contribution in [3.63, 3.8) is 0 Å². The first-order valence-corrected chi connectivity index (χ1v) is 10.1. The average Bonchev–Trinajstić information content (AvgIpc) is 3.12. The molecule has 1 fully saturated rings. The topological polar surface area (TPSA) is 87.4 Å². The molecular weight excluding hydrogens is 398 g/mol. The molecule has 8 heteroatoms. The van der Waals surface area contributed by atoms with Gasteiger partial charge in [0.1, 0.15) is 5.75 Å². The number of ether oxygens (including phenoxy) is 1. The van der Waals surface area contributed by atoms with Gasteiger partial charge in [0.25, 0.3) is 0 Å². The molecule has 3 aromatic rings. The number of piperazine rings is 1. The van der Waals surface area contributed by atoms with E-state index in [9.17, 15) is 15.0 Å². The van der Waals surface area contributed by atoms with Gasteiger partial charge in [0.2, 0.25) is 11.8 Å². The number of hydrogen-bond donors (Lipinski definition) is 2. The van der Waals surface area contributed by atoms with Gasteiger partial charge < -0.3 is 24.7 Å². The Morgan fingerprint density at radius 2 is 1.58 bits per heavy atom. The molecule has 0 spiro atoms. The number of aromatic nitrogens is 1. The minimum Gasteiger partial charge on any atom is -0.496 e. The first-order chi connectivity index (χ1) is 15.0. The summed E-state index contributed by atoms with van der Waals surface area (Å²) in [7, 11) is 1.67. The lowest BCUT2D eigenvalue weighted by Gasteiger charge is -2.34. The fourth-order valence-electron chi connectivity index (χ4n) is 3.65. The van der Waals surface area contributed by atoms with E-state index in [2.05, 4.69) is 29.2 Å². The number of rotatable bonds is 5. The van der Waals surface area contributed by atoms with Crippen LogP contribution in [0.1, 0.15) is 5.56 Å². The molecule has 0 aliphatic carbocycles. The minimum atomic E-state index is -0.619. The molecule has 2 aromatic carbocycles. The van der Waals surface area contributed by atoms with Crippen molar-refractivity contribution in [2.45, 2.75) is 6.54 Å². The second-order valence-corrected chi connectivity index (χ2v) is 7.36. The van der Waals surface area contributed by atoms with Gasteiger partial charge >= 0.3 is 6.09 Å². The molecule has 0 bridgehead atoms. The summed E-state index contributed by atoms with van der Waals surface area (Å²) >= 11 is 0. The molecule has 0 radical (unpaired) electrons. The zero-order valence-electron chi connectivity index (χ0n) is 17.3. The van der Waals surface area contributed by atoms with Crippen LogP contribution in [0.2, 0.25) is 0 Å². The summed E-state index contributed by atoms with van der Waals surface area (Å²) in [5.74, 6) is 0.160. The standard InChI is InChI=1S/C23H25N3O5/c1-30-20-15-18(17-5-3-2-4-6-17)7-8-19(20)16-24-11-13-25(14-12-24)23(29)31-26-21(27)9-10-22(26)28/h2-10,15,27-28H,11-14,16H2,1H3. The highest BCUT2D eigenvalue weighted by atomic mass is 16.7. The van der Waals surface area contributed by atoms with Crippen molar-refractivity contribution in [1.29, 1.82) is 0 Å². The van der Waals surface area contributed by atoms with Gasteiger partial charge in [-0.2, -0.15) is 0 Å². The Morgan fingerprint density at radius 3 is 2.23 bits per heavy atom. The van der Waals surface area contributed by atoms with Gasteiger partial charge in [-0.1, -0.05) is 42.5 Å². The summed E-state index contributed by atoms with van der Waals surface area (Å²) in [6, 6.07) is 18.9. The van der Waals surface area contributed by atoms with E-state index in [1.54, 1.807) is 12.0 Å². The maximum absolute atomic E-state index is 12.3. The quantitative estimate of drug-likeness (QED) is 0.656. The molecule has 0 saturated carbocycles. The maximum Gasteiger partial charge on any atom is 0.434 e. The molecule has 1 amide bonds. The molecule has 1 saturated heterocycles. The van der Waals surface area contributed by atoms with Gasteiger partial charge in [-0.05, 0) is 17.2 Å². The predicted molar refractivity (Wildman–Crippen MR) is 115 cm³/mol. The molecule has 31 heavy (non-hydrogen) atoms. The fraction of sp³-hybridized carbons (Fsp3) is 0.261. The summed E-state index contributed by atoms with van der Waals surface area (Å²) in [4.78, 5) is 21.2. The van der Waals surface area contributed by atoms with Crippen molar-refractivity contribution in [2.24, 2.45) is 0 Å². The molecular formula is C23H25N3O5. The predicted octanol–water partition coefficient (Wildman–Crippen LogP) is 2.94. The first-order valence-electron chi connectivity index (χ1n) is 10.1. The minimum absolute atomic E-state index is 0.337. The van der Waals surface area contributed by atoms with Gasteiger partial charge in [-0.3, -0.25) is 4.90 Å². The van der Waals surface area contributed by atoms with Gasteiger partial charge in [0.15, 0.2) is 0 Å². The number of methoxy groups -OCH3 is 1. The van der Waals surface area contributed by atoms with Crippen LogP contribution in [0.4, 0.5) is 4.79 Å². The molecule has 0 unspecified atom stereocenters. The van der Waals surface area contributed by atoms with Crippen LogP contribution < -0.4 is 9.57 Å². The number of nitrogens with zero attached hydrogens (tertiary/aromatic N) is 3. The number of amides is 1. The number of hydrogen-bond acceptors (Lipinski definition) is 6. The Morgan fingerprint density at radius 1 is 0.903 bits per heavy atom. The third-order valence-electron chi connectivity index (χ3n) is 5.39. The highest BCUT2D eigenvalue weighted by Gasteiger charge is 2.25. The lowest BCUT2D eigenvalue weighted by molar-refractivity contribution is 0.0554. The summed E-state index contributed by atoms with van der Waals surface area (Å²) in [5, 5.41) is 19.2. The third-order valence-corrected chi connectivity index (χ3v) is 5.39. The van der Waals surface area contributed by atoms with Crippen LogP contribution in [0.15, 0.2) is 60.7 Å². The molecule has 0 atom stereocenters. The summed E-state index contributed by atoms with van der Waals surface area (Å²) in [6.45, 7) is 3.00. The van der Waals surface area contributed by atoms with Crippen LogP contribution >= 0.6 is 0 Å². The summed E-state index contributed by atoms with van der Waals surface area (Å²) in [5.41, 5.74) is 3.32. The van der Waals surface area contributed by atoms with Gasteiger partial charge in [-0.25, -0.2) is 4.79 Å². The zero-order chi connectivity index (χ0) is 21.8. The molecule has 162 valence electrons. The van der Waals surface area contributed by atoms with E-state index in [-0.39, 0.29) is 11.8 Å². The zero-order valence-corrected chi connectivity index (χ0v) is 17.3. The molecule has 2 N–H and O–H groups in total. The molecule has 1 aromatic heterocycles. The number of carbonyl (C=O) groups excluding carboxylic acids is 1. The number of carbonyl (C=O) groups is 1. The molecule has 2 heterocycles. The van der Waals surface area contributed by atoms with Gasteiger partial charge in [-0.15, -0.1) is 4.73 Å². The van der Waals surface area contributed by atoms with E-state index >= 15 is 0 Å². The lowest BCUT2D eigenvalue weighted by atomic mass is 10.0. The Hall–Kier alpha value is -3.65. The highest BCUT2D eigenvalue weighted by Crippen LogP contribution is 2.28. The largest absolute Gasteiger partial charge is 0.496 e. The second-order valence-electron chi connectivity index (χ2n) is 7.36. The Bertz CT molecular complexity index is 1020. The van der Waals surface area contributed by atoms with E-state index in [1.165, 1.54) is 12.1 Å². The van der Waals surface area contributed by atoms with E-state index in [4.69, 9.17) is 9.57 Å². The van der Waals surface area contributed by atoms with Crippen LogP contribution in [0, 0.1) is 0 Å². The Kier molecular flexibility index (Phi) is 5.99. The van der Waals surface area contributed by atoms with E-state index in [1.807, 2.05) is 24.3 Å². The van der Waals surface area contributed by atoms with Gasteiger partial charge in [0, 0.05) is 50.4 Å². The van der Waals surface area contributed by atoms with Crippen molar-refractivity contribution in [3.05, 3.63) is 66.2 Å². The average molecular weight is 423 g/mol. The fourth-order valence-corrected chi connectivity index (χ4v) is 3.65. The molecule has 8 nitrogen and oxygen atoms in total. The summed E-state index contributed by atoms with van der Waals surface area (Å²) in [6.07, 6.45) is -0.619. The lowest BCUT2D eigenvalue weighted by Crippen LogP contribution is -2.50. The van der Waals surface area contributed by atoms with Crippen molar-refractivity contribution in [3.8, 4) is 28.6 Å². The van der Waals surface area contributed by atoms with Crippen molar-refractivity contribution in [2.75, 3.05) is 33.3 Å². The highest BCUT2D eigenvalue weighted by molar-refractivity contribution is 5.68. The Labute approximate surface area is 180 Å². The van der Waals surface area contributed by atoms with E-state index in [0.717, 1.165) is 22.4 Å². The van der Waals surface area contributed by atoms with Gasteiger partial charge in [0.05, 0.1) is 7.11 Å². The second kappa shape index (κ2) is 9.01. The van der Waals surface area contributed by atoms with Crippen molar-refractivity contribution < 1.29 is 24.6 Å². The smallest absolute Gasteiger partial charge is 0.434 e. The first kappa shape index (κ1) is 20.6. The monoisotopic (exact) mass is 423 g/mol. The van der Waals surface area contributed by atoms with Crippen LogP contribution in [0.5, 0.6) is 17.5 Å². The van der Waals surface area contributed by atoms with Crippen molar-refractivity contribution >= 4 is 6.09 Å². The number of aromatic hydroxyl groups is 2. The molecule has 1 aliphatic rings. The van der Waals surface area contributed by atoms with Crippen LogP contribution in [-0.4, -0.2) is 64.1 Å². The van der Waals surface area contributed by atoms with Crippen LogP contribution in [0.25, 0.3) is 11.1 Å². The van der Waals surface area contributed by atoms with Crippen molar-refractivity contribution in [1.82, 2.24) is 14.5 Å².